The second-order valence-corrected chi connectivity index (χ2v) is 6.14. The molecule has 3 N–H and O–H groups in total. The van der Waals surface area contributed by atoms with Crippen molar-refractivity contribution in [1.82, 2.24) is 5.43 Å². The van der Waals surface area contributed by atoms with Crippen LogP contribution in [0.25, 0.3) is 0 Å². The van der Waals surface area contributed by atoms with E-state index in [0.717, 1.165) is 11.1 Å². The molecule has 1 aromatic heterocycles. The van der Waals surface area contributed by atoms with Crippen molar-refractivity contribution in [3.05, 3.63) is 55.5 Å². The molecular weight excluding hydrogens is 338 g/mol. The van der Waals surface area contributed by atoms with Gasteiger partial charge >= 0.3 is 0 Å². The molecule has 0 aliphatic rings. The fourth-order valence-corrected chi connectivity index (χ4v) is 2.91. The summed E-state index contributed by atoms with van der Waals surface area (Å²) < 4.78 is 14.0. The molecule has 0 aliphatic heterocycles. The normalized spacial score (nSPS) is 12.7. The summed E-state index contributed by atoms with van der Waals surface area (Å²) in [5.74, 6) is 5.31. The smallest absolute Gasteiger partial charge is 0.123 e. The van der Waals surface area contributed by atoms with Gasteiger partial charge in [0.05, 0.1) is 8.93 Å². The lowest BCUT2D eigenvalue weighted by molar-refractivity contribution is 0.616. The van der Waals surface area contributed by atoms with Crippen LogP contribution in [-0.4, -0.2) is 0 Å². The summed E-state index contributed by atoms with van der Waals surface area (Å²) in [6.45, 7) is 0. The molecule has 84 valence electrons. The summed E-state index contributed by atoms with van der Waals surface area (Å²) in [7, 11) is 0. The minimum Gasteiger partial charge on any atom is -0.271 e. The molecule has 0 saturated heterocycles. The van der Waals surface area contributed by atoms with Gasteiger partial charge in [-0.25, -0.2) is 9.82 Å². The van der Waals surface area contributed by atoms with Crippen molar-refractivity contribution >= 4 is 33.9 Å². The molecule has 1 unspecified atom stereocenters. The Morgan fingerprint density at radius 2 is 1.94 bits per heavy atom. The number of hydrazine groups is 1. The van der Waals surface area contributed by atoms with E-state index in [1.807, 2.05) is 0 Å². The molecule has 0 radical (unpaired) electrons. The quantitative estimate of drug-likeness (QED) is 0.508. The Balaban J connectivity index is 2.32. The number of nitrogens with two attached hydrogens (primary N) is 1. The minimum absolute atomic E-state index is 0.0830. The molecule has 2 aromatic rings. The third-order valence-electron chi connectivity index (χ3n) is 2.29. The van der Waals surface area contributed by atoms with Gasteiger partial charge in [-0.2, -0.15) is 0 Å². The number of thiophene rings is 1. The van der Waals surface area contributed by atoms with Gasteiger partial charge in [-0.1, -0.05) is 12.1 Å². The topological polar surface area (TPSA) is 38.0 Å². The number of hydrogen-bond acceptors (Lipinski definition) is 3. The van der Waals surface area contributed by atoms with Gasteiger partial charge < -0.3 is 0 Å². The van der Waals surface area contributed by atoms with Gasteiger partial charge in [0.1, 0.15) is 5.82 Å². The third-order valence-corrected chi connectivity index (χ3v) is 4.10. The predicted molar refractivity (Wildman–Crippen MR) is 72.6 cm³/mol. The Kier molecular flexibility index (Phi) is 3.91. The van der Waals surface area contributed by atoms with Crippen LogP contribution in [0.5, 0.6) is 0 Å². The van der Waals surface area contributed by atoms with Gasteiger partial charge in [-0.3, -0.25) is 5.84 Å². The fourth-order valence-electron chi connectivity index (χ4n) is 1.51. The molecule has 0 aliphatic carbocycles. The number of hydrogen-bond donors (Lipinski definition) is 2. The van der Waals surface area contributed by atoms with Crippen molar-refractivity contribution < 1.29 is 4.39 Å². The average Bonchev–Trinajstić information content (AvgIpc) is 2.69. The Labute approximate surface area is 111 Å². The van der Waals surface area contributed by atoms with E-state index in [9.17, 15) is 4.39 Å². The zero-order valence-electron chi connectivity index (χ0n) is 8.28. The molecule has 1 atom stereocenters. The van der Waals surface area contributed by atoms with Gasteiger partial charge in [0.2, 0.25) is 0 Å². The van der Waals surface area contributed by atoms with Crippen LogP contribution in [0.15, 0.2) is 35.7 Å². The zero-order chi connectivity index (χ0) is 11.5. The molecule has 16 heavy (non-hydrogen) atoms. The van der Waals surface area contributed by atoms with Crippen molar-refractivity contribution in [1.29, 1.82) is 0 Å². The van der Waals surface area contributed by atoms with Gasteiger partial charge in [0.15, 0.2) is 0 Å². The van der Waals surface area contributed by atoms with Gasteiger partial charge in [0, 0.05) is 0 Å². The highest BCUT2D eigenvalue weighted by Crippen LogP contribution is 2.26. The maximum Gasteiger partial charge on any atom is 0.123 e. The van der Waals surface area contributed by atoms with E-state index < -0.39 is 0 Å². The van der Waals surface area contributed by atoms with Crippen molar-refractivity contribution in [2.45, 2.75) is 6.04 Å². The Morgan fingerprint density at radius 3 is 2.44 bits per heavy atom. The van der Waals surface area contributed by atoms with E-state index in [-0.39, 0.29) is 11.9 Å². The second kappa shape index (κ2) is 5.22. The fraction of sp³-hybridized carbons (Fsp3) is 0.0909. The average molecular weight is 348 g/mol. The van der Waals surface area contributed by atoms with Crippen LogP contribution >= 0.6 is 33.9 Å². The molecule has 1 heterocycles. The molecule has 0 saturated carbocycles. The molecule has 0 amide bonds. The summed E-state index contributed by atoms with van der Waals surface area (Å²) >= 11 is 3.93. The lowest BCUT2D eigenvalue weighted by atomic mass is 10.0. The largest absolute Gasteiger partial charge is 0.271 e. The van der Waals surface area contributed by atoms with Gasteiger partial charge in [-0.15, -0.1) is 11.3 Å². The van der Waals surface area contributed by atoms with E-state index in [4.69, 9.17) is 5.84 Å². The SMILES string of the molecule is NNC(c1ccc(F)cc1)c1csc(I)c1. The van der Waals surface area contributed by atoms with Crippen LogP contribution in [0, 0.1) is 8.70 Å². The van der Waals surface area contributed by atoms with Crippen LogP contribution in [-0.2, 0) is 0 Å². The lowest BCUT2D eigenvalue weighted by Crippen LogP contribution is -2.28. The zero-order valence-corrected chi connectivity index (χ0v) is 11.3. The first-order valence-corrected chi connectivity index (χ1v) is 6.62. The van der Waals surface area contributed by atoms with Crippen LogP contribution in [0.1, 0.15) is 17.2 Å². The van der Waals surface area contributed by atoms with Crippen molar-refractivity contribution in [2.24, 2.45) is 5.84 Å². The maximum absolute atomic E-state index is 12.8. The van der Waals surface area contributed by atoms with Crippen molar-refractivity contribution in [2.75, 3.05) is 0 Å². The molecule has 2 rings (SSSR count). The van der Waals surface area contributed by atoms with E-state index in [1.54, 1.807) is 23.5 Å². The summed E-state index contributed by atoms with van der Waals surface area (Å²) in [5.41, 5.74) is 4.81. The highest BCUT2D eigenvalue weighted by atomic mass is 127. The predicted octanol–water partition coefficient (Wildman–Crippen LogP) is 3.04. The second-order valence-electron chi connectivity index (χ2n) is 3.34. The van der Waals surface area contributed by atoms with Crippen LogP contribution in [0.4, 0.5) is 4.39 Å². The van der Waals surface area contributed by atoms with Gasteiger partial charge in [-0.05, 0) is 57.3 Å². The van der Waals surface area contributed by atoms with Crippen molar-refractivity contribution in [3.63, 3.8) is 0 Å². The Morgan fingerprint density at radius 1 is 1.25 bits per heavy atom. The highest BCUT2D eigenvalue weighted by Gasteiger charge is 2.13. The third kappa shape index (κ3) is 2.60. The standard InChI is InChI=1S/C11H10FIN2S/c12-9-3-1-7(2-4-9)11(15-14)8-5-10(13)16-6-8/h1-6,11,15H,14H2. The van der Waals surface area contributed by atoms with E-state index >= 15 is 0 Å². The molecule has 0 fully saturated rings. The summed E-state index contributed by atoms with van der Waals surface area (Å²) in [4.78, 5) is 0. The Hall–Kier alpha value is -0.500. The van der Waals surface area contributed by atoms with E-state index in [0.29, 0.717) is 0 Å². The molecule has 0 bridgehead atoms. The first kappa shape index (κ1) is 12.0. The number of rotatable bonds is 3. The van der Waals surface area contributed by atoms with Crippen LogP contribution < -0.4 is 11.3 Å². The van der Waals surface area contributed by atoms with Gasteiger partial charge in [0.25, 0.3) is 0 Å². The summed E-state index contributed by atoms with van der Waals surface area (Å²) in [6, 6.07) is 8.35. The molecule has 2 nitrogen and oxygen atoms in total. The molecule has 1 aromatic carbocycles. The maximum atomic E-state index is 12.8. The minimum atomic E-state index is -0.237. The van der Waals surface area contributed by atoms with E-state index in [2.05, 4.69) is 39.5 Å². The molecule has 5 heteroatoms. The molecule has 0 spiro atoms. The lowest BCUT2D eigenvalue weighted by Gasteiger charge is -2.14. The number of nitrogens with one attached hydrogen (secondary N) is 1. The number of halogens is 2. The monoisotopic (exact) mass is 348 g/mol. The first-order valence-electron chi connectivity index (χ1n) is 4.66. The first-order chi connectivity index (χ1) is 7.70. The van der Waals surface area contributed by atoms with Crippen molar-refractivity contribution in [3.8, 4) is 0 Å². The van der Waals surface area contributed by atoms with Crippen LogP contribution in [0.2, 0.25) is 0 Å². The molecular formula is C11H10FIN2S. The van der Waals surface area contributed by atoms with E-state index in [1.165, 1.54) is 15.0 Å². The van der Waals surface area contributed by atoms with Crippen LogP contribution in [0.3, 0.4) is 0 Å². The Bertz CT molecular complexity index is 469. The number of benzene rings is 1. The summed E-state index contributed by atoms with van der Waals surface area (Å²) in [5, 5.41) is 2.05. The highest BCUT2D eigenvalue weighted by molar-refractivity contribution is 14.1. The summed E-state index contributed by atoms with van der Waals surface area (Å²) in [6.07, 6.45) is 0.